The van der Waals surface area contributed by atoms with Crippen LogP contribution in [0.4, 0.5) is 0 Å². The van der Waals surface area contributed by atoms with Crippen LogP contribution in [0.25, 0.3) is 11.3 Å². The molecule has 0 atom stereocenters. The highest BCUT2D eigenvalue weighted by atomic mass is 16.5. The molecule has 0 saturated heterocycles. The first-order valence-electron chi connectivity index (χ1n) is 9.59. The van der Waals surface area contributed by atoms with Gasteiger partial charge in [0.2, 0.25) is 0 Å². The van der Waals surface area contributed by atoms with Crippen LogP contribution in [0.15, 0.2) is 59.7 Å². The molecule has 0 aliphatic rings. The Labute approximate surface area is 171 Å². The predicted molar refractivity (Wildman–Crippen MR) is 115 cm³/mol. The molecule has 1 heterocycles. The van der Waals surface area contributed by atoms with Gasteiger partial charge in [0.15, 0.2) is 0 Å². The number of nitrogens with one attached hydrogen (secondary N) is 2. The van der Waals surface area contributed by atoms with Gasteiger partial charge in [0.25, 0.3) is 5.91 Å². The predicted octanol–water partition coefficient (Wildman–Crippen LogP) is 4.54. The minimum absolute atomic E-state index is 0.103. The summed E-state index contributed by atoms with van der Waals surface area (Å²) in [6, 6.07) is 17.4. The minimum Gasteiger partial charge on any atom is -0.494 e. The molecule has 2 aromatic carbocycles. The molecule has 0 aliphatic carbocycles. The molecule has 0 bridgehead atoms. The average molecular weight is 390 g/mol. The van der Waals surface area contributed by atoms with Crippen LogP contribution < -0.4 is 10.2 Å². The lowest BCUT2D eigenvalue weighted by Gasteiger charge is -2.18. The van der Waals surface area contributed by atoms with E-state index in [0.29, 0.717) is 18.0 Å². The number of rotatable bonds is 6. The standard InChI is InChI=1S/C23H26N4O2/c1-5-29-19-12-8-17(9-13-19)20-14-21(26-25-20)22(28)27-24-15-16-6-10-18(11-7-16)23(2,3)4/h6-15H,5H2,1-4H3,(H,25,26)(H,27,28)/b24-15-. The molecule has 1 amide bonds. The van der Waals surface area contributed by atoms with Gasteiger partial charge in [-0.25, -0.2) is 5.43 Å². The van der Waals surface area contributed by atoms with Gasteiger partial charge >= 0.3 is 0 Å². The fourth-order valence-corrected chi connectivity index (χ4v) is 2.77. The monoisotopic (exact) mass is 390 g/mol. The topological polar surface area (TPSA) is 79.4 Å². The molecule has 3 aromatic rings. The van der Waals surface area contributed by atoms with Crippen LogP contribution in [0.2, 0.25) is 0 Å². The molecule has 6 nitrogen and oxygen atoms in total. The number of nitrogens with zero attached hydrogens (tertiary/aromatic N) is 2. The maximum absolute atomic E-state index is 12.3. The molecule has 0 aliphatic heterocycles. The molecule has 0 radical (unpaired) electrons. The van der Waals surface area contributed by atoms with Crippen LogP contribution in [0.5, 0.6) is 5.75 Å². The highest BCUT2D eigenvalue weighted by Gasteiger charge is 2.13. The lowest BCUT2D eigenvalue weighted by molar-refractivity contribution is 0.0950. The Hall–Kier alpha value is -3.41. The van der Waals surface area contributed by atoms with E-state index < -0.39 is 0 Å². The number of benzene rings is 2. The summed E-state index contributed by atoms with van der Waals surface area (Å²) in [5.41, 5.74) is 6.70. The molecule has 0 spiro atoms. The average Bonchev–Trinajstić information content (AvgIpc) is 3.19. The number of ether oxygens (including phenoxy) is 1. The van der Waals surface area contributed by atoms with Gasteiger partial charge in [0, 0.05) is 5.56 Å². The van der Waals surface area contributed by atoms with Gasteiger partial charge in [0.1, 0.15) is 11.4 Å². The first-order valence-corrected chi connectivity index (χ1v) is 9.59. The van der Waals surface area contributed by atoms with E-state index in [-0.39, 0.29) is 11.3 Å². The fraction of sp³-hybridized carbons (Fsp3) is 0.261. The van der Waals surface area contributed by atoms with Crippen LogP contribution in [0.1, 0.15) is 49.3 Å². The largest absolute Gasteiger partial charge is 0.494 e. The number of amides is 1. The third-order valence-corrected chi connectivity index (χ3v) is 4.44. The summed E-state index contributed by atoms with van der Waals surface area (Å²) >= 11 is 0. The summed E-state index contributed by atoms with van der Waals surface area (Å²) in [6.07, 6.45) is 1.62. The van der Waals surface area contributed by atoms with Gasteiger partial charge in [-0.2, -0.15) is 10.2 Å². The molecule has 150 valence electrons. The van der Waals surface area contributed by atoms with Crippen molar-refractivity contribution in [3.05, 3.63) is 71.4 Å². The number of carbonyl (C=O) groups excluding carboxylic acids is 1. The second-order valence-electron chi connectivity index (χ2n) is 7.70. The van der Waals surface area contributed by atoms with Crippen LogP contribution in [-0.2, 0) is 5.41 Å². The number of H-pyrrole nitrogens is 1. The van der Waals surface area contributed by atoms with Crippen LogP contribution in [0.3, 0.4) is 0 Å². The quantitative estimate of drug-likeness (QED) is 0.479. The number of aromatic amines is 1. The molecule has 0 saturated carbocycles. The molecular formula is C23H26N4O2. The van der Waals surface area contributed by atoms with Gasteiger partial charge in [-0.1, -0.05) is 45.0 Å². The Morgan fingerprint density at radius 3 is 2.45 bits per heavy atom. The smallest absolute Gasteiger partial charge is 0.289 e. The first kappa shape index (κ1) is 20.3. The second kappa shape index (κ2) is 8.73. The van der Waals surface area contributed by atoms with Crippen molar-refractivity contribution in [1.82, 2.24) is 15.6 Å². The minimum atomic E-state index is -0.350. The normalized spacial score (nSPS) is 11.6. The molecule has 3 rings (SSSR count). The summed E-state index contributed by atoms with van der Waals surface area (Å²) in [7, 11) is 0. The Kier molecular flexibility index (Phi) is 6.12. The number of carbonyl (C=O) groups is 1. The van der Waals surface area contributed by atoms with Crippen molar-refractivity contribution in [3.8, 4) is 17.0 Å². The zero-order chi connectivity index (χ0) is 20.9. The van der Waals surface area contributed by atoms with Crippen molar-refractivity contribution in [2.45, 2.75) is 33.1 Å². The van der Waals surface area contributed by atoms with Crippen molar-refractivity contribution in [2.75, 3.05) is 6.61 Å². The number of hydrogen-bond acceptors (Lipinski definition) is 4. The van der Waals surface area contributed by atoms with E-state index >= 15 is 0 Å². The van der Waals surface area contributed by atoms with Crippen molar-refractivity contribution >= 4 is 12.1 Å². The Bertz CT molecular complexity index is 981. The summed E-state index contributed by atoms with van der Waals surface area (Å²) in [6.45, 7) is 9.07. The van der Waals surface area contributed by atoms with E-state index in [1.165, 1.54) is 5.56 Å². The van der Waals surface area contributed by atoms with Crippen molar-refractivity contribution in [2.24, 2.45) is 5.10 Å². The number of aromatic nitrogens is 2. The zero-order valence-electron chi connectivity index (χ0n) is 17.2. The fourth-order valence-electron chi connectivity index (χ4n) is 2.77. The van der Waals surface area contributed by atoms with Crippen LogP contribution in [0, 0.1) is 0 Å². The zero-order valence-corrected chi connectivity index (χ0v) is 17.2. The second-order valence-corrected chi connectivity index (χ2v) is 7.70. The van der Waals surface area contributed by atoms with E-state index in [0.717, 1.165) is 16.9 Å². The molecule has 0 unspecified atom stereocenters. The lowest BCUT2D eigenvalue weighted by Crippen LogP contribution is -2.18. The summed E-state index contributed by atoms with van der Waals surface area (Å²) in [5, 5.41) is 11.0. The van der Waals surface area contributed by atoms with E-state index in [2.05, 4.69) is 53.6 Å². The van der Waals surface area contributed by atoms with Gasteiger partial charge in [-0.15, -0.1) is 0 Å². The Morgan fingerprint density at radius 2 is 1.83 bits per heavy atom. The number of hydrazone groups is 1. The highest BCUT2D eigenvalue weighted by Crippen LogP contribution is 2.22. The maximum atomic E-state index is 12.3. The van der Waals surface area contributed by atoms with Crippen LogP contribution >= 0.6 is 0 Å². The summed E-state index contributed by atoms with van der Waals surface area (Å²) in [5.74, 6) is 0.451. The van der Waals surface area contributed by atoms with E-state index in [9.17, 15) is 4.79 Å². The Balaban J connectivity index is 1.60. The summed E-state index contributed by atoms with van der Waals surface area (Å²) < 4.78 is 5.44. The maximum Gasteiger partial charge on any atom is 0.289 e. The van der Waals surface area contributed by atoms with Gasteiger partial charge in [-0.3, -0.25) is 9.89 Å². The molecule has 1 aromatic heterocycles. The lowest BCUT2D eigenvalue weighted by atomic mass is 9.87. The third-order valence-electron chi connectivity index (χ3n) is 4.44. The highest BCUT2D eigenvalue weighted by molar-refractivity contribution is 5.94. The van der Waals surface area contributed by atoms with E-state index in [1.807, 2.05) is 43.3 Å². The molecule has 29 heavy (non-hydrogen) atoms. The Morgan fingerprint density at radius 1 is 1.14 bits per heavy atom. The molecular weight excluding hydrogens is 364 g/mol. The van der Waals surface area contributed by atoms with Gasteiger partial charge in [-0.05, 0) is 53.8 Å². The first-order chi connectivity index (χ1) is 13.9. The van der Waals surface area contributed by atoms with Gasteiger partial charge in [0.05, 0.1) is 18.5 Å². The van der Waals surface area contributed by atoms with Crippen LogP contribution in [-0.4, -0.2) is 28.9 Å². The number of hydrogen-bond donors (Lipinski definition) is 2. The van der Waals surface area contributed by atoms with Gasteiger partial charge < -0.3 is 4.74 Å². The SMILES string of the molecule is CCOc1ccc(-c2cc(C(=O)N/N=C\c3ccc(C(C)(C)C)cc3)[nH]n2)cc1. The molecule has 6 heteroatoms. The van der Waals surface area contributed by atoms with Crippen molar-refractivity contribution in [3.63, 3.8) is 0 Å². The summed E-state index contributed by atoms with van der Waals surface area (Å²) in [4.78, 5) is 12.3. The van der Waals surface area contributed by atoms with E-state index in [1.54, 1.807) is 12.3 Å². The molecule has 2 N–H and O–H groups in total. The van der Waals surface area contributed by atoms with Crippen molar-refractivity contribution in [1.29, 1.82) is 0 Å². The third kappa shape index (κ3) is 5.31. The van der Waals surface area contributed by atoms with E-state index in [4.69, 9.17) is 4.74 Å². The molecule has 0 fully saturated rings. The van der Waals surface area contributed by atoms with Crippen molar-refractivity contribution < 1.29 is 9.53 Å².